The predicted molar refractivity (Wildman–Crippen MR) is 93.7 cm³/mol. The lowest BCUT2D eigenvalue weighted by molar-refractivity contribution is -0.129. The van der Waals surface area contributed by atoms with E-state index in [9.17, 15) is 18.4 Å². The van der Waals surface area contributed by atoms with E-state index in [1.165, 1.54) is 6.92 Å². The van der Waals surface area contributed by atoms with Gasteiger partial charge in [-0.2, -0.15) is 0 Å². The average Bonchev–Trinajstić information content (AvgIpc) is 2.62. The first kappa shape index (κ1) is 19.6. The summed E-state index contributed by atoms with van der Waals surface area (Å²) in [5, 5.41) is 2.75. The van der Waals surface area contributed by atoms with Gasteiger partial charge in [0.2, 0.25) is 0 Å². The molecule has 1 amide bonds. The Morgan fingerprint density at radius 3 is 2.27 bits per heavy atom. The Labute approximate surface area is 151 Å². The monoisotopic (exact) mass is 361 g/mol. The van der Waals surface area contributed by atoms with Crippen molar-refractivity contribution in [3.8, 4) is 0 Å². The van der Waals surface area contributed by atoms with Crippen LogP contribution < -0.4 is 5.32 Å². The Hall–Kier alpha value is -2.76. The summed E-state index contributed by atoms with van der Waals surface area (Å²) in [5.41, 5.74) is 0.827. The number of rotatable bonds is 7. The number of esters is 1. The third-order valence-electron chi connectivity index (χ3n) is 4.04. The largest absolute Gasteiger partial charge is 0.449 e. The minimum absolute atomic E-state index is 0.139. The van der Waals surface area contributed by atoms with Gasteiger partial charge >= 0.3 is 5.97 Å². The fraction of sp³-hybridized carbons (Fsp3) is 0.300. The van der Waals surface area contributed by atoms with E-state index in [1.54, 1.807) is 0 Å². The maximum atomic E-state index is 13.2. The summed E-state index contributed by atoms with van der Waals surface area (Å²) in [6.45, 7) is 3.83. The lowest BCUT2D eigenvalue weighted by atomic mass is 9.96. The predicted octanol–water partition coefficient (Wildman–Crippen LogP) is 3.82. The van der Waals surface area contributed by atoms with Gasteiger partial charge in [-0.1, -0.05) is 37.3 Å². The summed E-state index contributed by atoms with van der Waals surface area (Å²) in [5.74, 6) is -3.06. The second-order valence-electron chi connectivity index (χ2n) is 5.97. The van der Waals surface area contributed by atoms with Gasteiger partial charge in [0.05, 0.1) is 5.56 Å². The van der Waals surface area contributed by atoms with Gasteiger partial charge < -0.3 is 10.1 Å². The van der Waals surface area contributed by atoms with Gasteiger partial charge in [-0.25, -0.2) is 13.6 Å². The van der Waals surface area contributed by atoms with Crippen LogP contribution in [0.3, 0.4) is 0 Å². The molecule has 6 heteroatoms. The number of hydrogen-bond donors (Lipinski definition) is 1. The summed E-state index contributed by atoms with van der Waals surface area (Å²) in [6.07, 6.45) is -0.247. The highest BCUT2D eigenvalue weighted by molar-refractivity contribution is 5.92. The smallest absolute Gasteiger partial charge is 0.339 e. The second-order valence-corrected chi connectivity index (χ2v) is 5.97. The van der Waals surface area contributed by atoms with E-state index in [0.29, 0.717) is 12.6 Å². The Morgan fingerprint density at radius 1 is 1.08 bits per heavy atom. The fourth-order valence-electron chi connectivity index (χ4n) is 2.54. The molecule has 0 radical (unpaired) electrons. The van der Waals surface area contributed by atoms with Gasteiger partial charge in [-0.3, -0.25) is 4.79 Å². The van der Waals surface area contributed by atoms with E-state index in [4.69, 9.17) is 4.74 Å². The molecule has 2 atom stereocenters. The molecule has 0 spiro atoms. The second kappa shape index (κ2) is 9.08. The molecule has 0 aliphatic heterocycles. The Kier molecular flexibility index (Phi) is 6.83. The van der Waals surface area contributed by atoms with E-state index < -0.39 is 29.6 Å². The number of halogens is 2. The van der Waals surface area contributed by atoms with Crippen molar-refractivity contribution in [2.75, 3.05) is 6.54 Å². The molecule has 0 aliphatic rings. The van der Waals surface area contributed by atoms with E-state index in [-0.39, 0.29) is 11.5 Å². The zero-order valence-electron chi connectivity index (χ0n) is 14.7. The van der Waals surface area contributed by atoms with E-state index >= 15 is 0 Å². The van der Waals surface area contributed by atoms with Crippen molar-refractivity contribution in [3.05, 3.63) is 71.3 Å². The van der Waals surface area contributed by atoms with Gasteiger partial charge in [0, 0.05) is 18.5 Å². The van der Waals surface area contributed by atoms with E-state index in [0.717, 1.165) is 24.1 Å². The molecule has 2 aromatic carbocycles. The highest BCUT2D eigenvalue weighted by atomic mass is 19.1. The lowest BCUT2D eigenvalue weighted by Crippen LogP contribution is -2.38. The van der Waals surface area contributed by atoms with Crippen molar-refractivity contribution < 1.29 is 23.1 Å². The quantitative estimate of drug-likeness (QED) is 0.763. The van der Waals surface area contributed by atoms with Gasteiger partial charge in [-0.05, 0) is 31.0 Å². The summed E-state index contributed by atoms with van der Waals surface area (Å²) in [4.78, 5) is 24.1. The minimum Gasteiger partial charge on any atom is -0.449 e. The number of carbonyl (C=O) groups excluding carboxylic acids is 2. The maximum absolute atomic E-state index is 13.2. The van der Waals surface area contributed by atoms with E-state index in [2.05, 4.69) is 5.32 Å². The van der Waals surface area contributed by atoms with Crippen LogP contribution in [0.1, 0.15) is 42.1 Å². The molecule has 2 rings (SSSR count). The molecule has 0 bridgehead atoms. The third-order valence-corrected chi connectivity index (χ3v) is 4.04. The Balaban J connectivity index is 1.91. The maximum Gasteiger partial charge on any atom is 0.339 e. The zero-order valence-corrected chi connectivity index (χ0v) is 14.7. The van der Waals surface area contributed by atoms with Crippen LogP contribution in [0.5, 0.6) is 0 Å². The molecular formula is C20H21F2NO3. The molecule has 138 valence electrons. The highest BCUT2D eigenvalue weighted by Crippen LogP contribution is 2.18. The van der Waals surface area contributed by atoms with Crippen molar-refractivity contribution in [1.29, 1.82) is 0 Å². The fourth-order valence-corrected chi connectivity index (χ4v) is 2.54. The molecular weight excluding hydrogens is 340 g/mol. The first-order chi connectivity index (χ1) is 12.4. The molecule has 0 saturated heterocycles. The SMILES string of the molecule is CC[C@@H](CNC(=O)[C@@H](C)OC(=O)c1cc(F)cc(F)c1)c1ccccc1. The number of nitrogens with one attached hydrogen (secondary N) is 1. The Bertz CT molecular complexity index is 745. The van der Waals surface area contributed by atoms with Crippen molar-refractivity contribution >= 4 is 11.9 Å². The van der Waals surface area contributed by atoms with Gasteiger partial charge in [0.1, 0.15) is 11.6 Å². The normalized spacial score (nSPS) is 12.9. The molecule has 0 aliphatic carbocycles. The van der Waals surface area contributed by atoms with Crippen LogP contribution >= 0.6 is 0 Å². The molecule has 4 nitrogen and oxygen atoms in total. The van der Waals surface area contributed by atoms with Crippen LogP contribution in [-0.4, -0.2) is 24.5 Å². The van der Waals surface area contributed by atoms with Crippen molar-refractivity contribution in [2.45, 2.75) is 32.3 Å². The summed E-state index contributed by atoms with van der Waals surface area (Å²) in [6, 6.07) is 12.1. The molecule has 0 saturated carbocycles. The summed E-state index contributed by atoms with van der Waals surface area (Å²) in [7, 11) is 0. The van der Waals surface area contributed by atoms with Gasteiger partial charge in [-0.15, -0.1) is 0 Å². The Morgan fingerprint density at radius 2 is 1.69 bits per heavy atom. The molecule has 0 unspecified atom stereocenters. The van der Waals surface area contributed by atoms with Crippen LogP contribution in [0.25, 0.3) is 0 Å². The van der Waals surface area contributed by atoms with Crippen molar-refractivity contribution in [1.82, 2.24) is 5.32 Å². The number of hydrogen-bond acceptors (Lipinski definition) is 3. The van der Waals surface area contributed by atoms with Crippen LogP contribution in [0.4, 0.5) is 8.78 Å². The number of amides is 1. The lowest BCUT2D eigenvalue weighted by Gasteiger charge is -2.18. The first-order valence-electron chi connectivity index (χ1n) is 8.40. The number of benzene rings is 2. The molecule has 0 fully saturated rings. The van der Waals surface area contributed by atoms with Gasteiger partial charge in [0.15, 0.2) is 6.10 Å². The average molecular weight is 361 g/mol. The molecule has 2 aromatic rings. The van der Waals surface area contributed by atoms with E-state index in [1.807, 2.05) is 37.3 Å². The third kappa shape index (κ3) is 5.37. The number of ether oxygens (including phenoxy) is 1. The number of carbonyl (C=O) groups is 2. The first-order valence-corrected chi connectivity index (χ1v) is 8.40. The van der Waals surface area contributed by atoms with Crippen molar-refractivity contribution in [3.63, 3.8) is 0 Å². The van der Waals surface area contributed by atoms with Crippen LogP contribution in [0, 0.1) is 11.6 Å². The van der Waals surface area contributed by atoms with Crippen LogP contribution in [-0.2, 0) is 9.53 Å². The summed E-state index contributed by atoms with van der Waals surface area (Å²) < 4.78 is 31.3. The minimum atomic E-state index is -1.08. The highest BCUT2D eigenvalue weighted by Gasteiger charge is 2.21. The van der Waals surface area contributed by atoms with Gasteiger partial charge in [0.25, 0.3) is 5.91 Å². The molecule has 26 heavy (non-hydrogen) atoms. The summed E-state index contributed by atoms with van der Waals surface area (Å²) >= 11 is 0. The molecule has 0 aromatic heterocycles. The van der Waals surface area contributed by atoms with Crippen LogP contribution in [0.2, 0.25) is 0 Å². The van der Waals surface area contributed by atoms with Crippen LogP contribution in [0.15, 0.2) is 48.5 Å². The molecule has 1 N–H and O–H groups in total. The topological polar surface area (TPSA) is 55.4 Å². The zero-order chi connectivity index (χ0) is 19.1. The molecule has 0 heterocycles. The standard InChI is InChI=1S/C20H21F2NO3/c1-3-14(15-7-5-4-6-8-15)12-23-19(24)13(2)26-20(25)16-9-17(21)11-18(22)10-16/h4-11,13-14H,3,12H2,1-2H3,(H,23,24)/t13-,14+/m1/s1. The van der Waals surface area contributed by atoms with Crippen molar-refractivity contribution in [2.24, 2.45) is 0 Å².